The van der Waals surface area contributed by atoms with Crippen LogP contribution in [0.3, 0.4) is 0 Å². The largest absolute Gasteiger partial charge is 0.330 e. The summed E-state index contributed by atoms with van der Waals surface area (Å²) in [7, 11) is 0. The highest BCUT2D eigenvalue weighted by atomic mass is 16.2. The van der Waals surface area contributed by atoms with Crippen LogP contribution in [0.5, 0.6) is 0 Å². The van der Waals surface area contributed by atoms with Gasteiger partial charge in [-0.05, 0) is 64.2 Å². The van der Waals surface area contributed by atoms with Crippen molar-refractivity contribution in [3.05, 3.63) is 65.0 Å². The fourth-order valence-electron chi connectivity index (χ4n) is 4.13. The van der Waals surface area contributed by atoms with Crippen LogP contribution in [-0.2, 0) is 0 Å². The van der Waals surface area contributed by atoms with Gasteiger partial charge in [-0.1, -0.05) is 0 Å². The molecule has 7 nitrogen and oxygen atoms in total. The van der Waals surface area contributed by atoms with Crippen molar-refractivity contribution < 1.29 is 4.79 Å². The van der Waals surface area contributed by atoms with Crippen LogP contribution in [0.25, 0.3) is 11.1 Å². The van der Waals surface area contributed by atoms with E-state index < -0.39 is 0 Å². The molecule has 0 bridgehead atoms. The van der Waals surface area contributed by atoms with Crippen LogP contribution in [0.2, 0.25) is 0 Å². The Morgan fingerprint density at radius 1 is 0.967 bits per heavy atom. The quantitative estimate of drug-likeness (QED) is 0.660. The molecule has 1 fully saturated rings. The van der Waals surface area contributed by atoms with Crippen molar-refractivity contribution in [2.45, 2.75) is 53.0 Å². The van der Waals surface area contributed by atoms with E-state index in [0.717, 1.165) is 41.6 Å². The van der Waals surface area contributed by atoms with Gasteiger partial charge in [0.2, 0.25) is 0 Å². The summed E-state index contributed by atoms with van der Waals surface area (Å²) in [5.41, 5.74) is 5.23. The lowest BCUT2D eigenvalue weighted by Gasteiger charge is -2.36. The van der Waals surface area contributed by atoms with E-state index >= 15 is 0 Å². The Balaban J connectivity index is 1.79. The number of hydrogen-bond acceptors (Lipinski definition) is 6. The second-order valence-corrected chi connectivity index (χ2v) is 7.83. The van der Waals surface area contributed by atoms with E-state index in [4.69, 9.17) is 4.98 Å². The lowest BCUT2D eigenvalue weighted by Crippen LogP contribution is -2.39. The third kappa shape index (κ3) is 3.79. The van der Waals surface area contributed by atoms with Crippen LogP contribution in [0, 0.1) is 27.7 Å². The Morgan fingerprint density at radius 3 is 2.50 bits per heavy atom. The number of aromatic nitrogens is 5. The normalized spacial score (nSPS) is 16.5. The first kappa shape index (κ1) is 20.1. The Kier molecular flexibility index (Phi) is 5.53. The number of pyridine rings is 1. The summed E-state index contributed by atoms with van der Waals surface area (Å²) in [5.74, 6) is 1.33. The van der Waals surface area contributed by atoms with Gasteiger partial charge in [0.15, 0.2) is 0 Å². The van der Waals surface area contributed by atoms with Crippen LogP contribution in [0.4, 0.5) is 0 Å². The van der Waals surface area contributed by atoms with Gasteiger partial charge in [0.25, 0.3) is 5.91 Å². The number of carbonyl (C=O) groups is 1. The monoisotopic (exact) mass is 402 g/mol. The molecule has 7 heteroatoms. The molecule has 3 aromatic heterocycles. The molecule has 0 aromatic carbocycles. The van der Waals surface area contributed by atoms with E-state index in [2.05, 4.69) is 19.9 Å². The molecule has 30 heavy (non-hydrogen) atoms. The molecule has 0 saturated carbocycles. The molecule has 0 aliphatic carbocycles. The third-order valence-corrected chi connectivity index (χ3v) is 5.66. The summed E-state index contributed by atoms with van der Waals surface area (Å²) in [6, 6.07) is 1.87. The first-order chi connectivity index (χ1) is 14.5. The van der Waals surface area contributed by atoms with Gasteiger partial charge >= 0.3 is 0 Å². The van der Waals surface area contributed by atoms with Gasteiger partial charge in [-0.15, -0.1) is 0 Å². The highest BCUT2D eigenvalue weighted by Crippen LogP contribution is 2.37. The molecule has 1 aliphatic rings. The van der Waals surface area contributed by atoms with Crippen LogP contribution in [0.15, 0.2) is 30.9 Å². The Labute approximate surface area is 176 Å². The summed E-state index contributed by atoms with van der Waals surface area (Å²) in [6.45, 7) is 8.30. The van der Waals surface area contributed by atoms with Gasteiger partial charge in [0.05, 0.1) is 23.0 Å². The van der Waals surface area contributed by atoms with Crippen molar-refractivity contribution in [3.63, 3.8) is 0 Å². The molecule has 0 unspecified atom stereocenters. The second kappa shape index (κ2) is 8.26. The molecule has 154 valence electrons. The highest BCUT2D eigenvalue weighted by molar-refractivity contribution is 5.95. The zero-order chi connectivity index (χ0) is 21.3. The predicted molar refractivity (Wildman–Crippen MR) is 114 cm³/mol. The number of aryl methyl sites for hydroxylation is 4. The zero-order valence-electron chi connectivity index (χ0n) is 17.9. The van der Waals surface area contributed by atoms with E-state index in [9.17, 15) is 4.79 Å². The first-order valence-electron chi connectivity index (χ1n) is 10.3. The van der Waals surface area contributed by atoms with Gasteiger partial charge in [-0.2, -0.15) is 0 Å². The fourth-order valence-corrected chi connectivity index (χ4v) is 4.13. The number of amides is 1. The minimum absolute atomic E-state index is 0.0362. The Hall–Kier alpha value is -3.22. The van der Waals surface area contributed by atoms with Gasteiger partial charge in [0.1, 0.15) is 11.6 Å². The lowest BCUT2D eigenvalue weighted by atomic mass is 9.92. The third-order valence-electron chi connectivity index (χ3n) is 5.66. The summed E-state index contributed by atoms with van der Waals surface area (Å²) in [4.78, 5) is 37.6. The van der Waals surface area contributed by atoms with Gasteiger partial charge in [0, 0.05) is 36.9 Å². The summed E-state index contributed by atoms with van der Waals surface area (Å²) >= 11 is 0. The predicted octanol–water partition coefficient (Wildman–Crippen LogP) is 3.93. The molecule has 1 aliphatic heterocycles. The van der Waals surface area contributed by atoms with Crippen LogP contribution >= 0.6 is 0 Å². The second-order valence-electron chi connectivity index (χ2n) is 7.83. The van der Waals surface area contributed by atoms with E-state index in [0.29, 0.717) is 29.5 Å². The topological polar surface area (TPSA) is 84.8 Å². The molecule has 0 spiro atoms. The molecule has 1 amide bonds. The van der Waals surface area contributed by atoms with Crippen molar-refractivity contribution in [1.29, 1.82) is 0 Å². The fraction of sp³-hybridized carbons (Fsp3) is 0.391. The smallest absolute Gasteiger partial charge is 0.257 e. The number of nitrogens with zero attached hydrogens (tertiary/aromatic N) is 6. The van der Waals surface area contributed by atoms with E-state index in [1.165, 1.54) is 0 Å². The number of piperidine rings is 1. The summed E-state index contributed by atoms with van der Waals surface area (Å²) < 4.78 is 0. The molecule has 0 radical (unpaired) electrons. The molecular formula is C23H26N6O. The Bertz CT molecular complexity index is 1100. The molecule has 1 saturated heterocycles. The van der Waals surface area contributed by atoms with Gasteiger partial charge in [-0.25, -0.2) is 19.9 Å². The average molecular weight is 403 g/mol. The standard InChI is InChI=1S/C23H26N6O/c1-14-11-24-9-8-18(14)20-13-26-17(4)28-22(20)21-7-5-6-10-29(21)23(30)19-12-25-16(3)27-15(19)2/h8-9,11-13,21H,5-7,10H2,1-4H3/t21-/m0/s1. The van der Waals surface area contributed by atoms with Crippen molar-refractivity contribution >= 4 is 5.91 Å². The van der Waals surface area contributed by atoms with E-state index in [-0.39, 0.29) is 11.9 Å². The molecule has 0 N–H and O–H groups in total. The SMILES string of the molecule is Cc1ncc(C(=O)N2CCCC[C@H]2c2nc(C)ncc2-c2ccncc2C)c(C)n1. The molecule has 4 heterocycles. The van der Waals surface area contributed by atoms with E-state index in [1.54, 1.807) is 12.4 Å². The highest BCUT2D eigenvalue weighted by Gasteiger charge is 2.33. The van der Waals surface area contributed by atoms with Gasteiger partial charge in [-0.3, -0.25) is 9.78 Å². The number of rotatable bonds is 3. The van der Waals surface area contributed by atoms with Crippen LogP contribution in [-0.4, -0.2) is 42.3 Å². The minimum atomic E-state index is -0.115. The van der Waals surface area contributed by atoms with Crippen molar-refractivity contribution in [3.8, 4) is 11.1 Å². The zero-order valence-corrected chi connectivity index (χ0v) is 17.9. The van der Waals surface area contributed by atoms with Gasteiger partial charge < -0.3 is 4.90 Å². The maximum absolute atomic E-state index is 13.5. The number of hydrogen-bond donors (Lipinski definition) is 0. The molecular weight excluding hydrogens is 376 g/mol. The molecule has 3 aromatic rings. The van der Waals surface area contributed by atoms with Crippen LogP contribution in [0.1, 0.15) is 64.3 Å². The minimum Gasteiger partial charge on any atom is -0.330 e. The van der Waals surface area contributed by atoms with Crippen molar-refractivity contribution in [1.82, 2.24) is 29.8 Å². The average Bonchev–Trinajstić information content (AvgIpc) is 2.74. The summed E-state index contributed by atoms with van der Waals surface area (Å²) in [5, 5.41) is 0. The maximum atomic E-state index is 13.5. The van der Waals surface area contributed by atoms with E-state index in [1.807, 2.05) is 51.1 Å². The Morgan fingerprint density at radius 2 is 1.73 bits per heavy atom. The van der Waals surface area contributed by atoms with Crippen molar-refractivity contribution in [2.24, 2.45) is 0 Å². The first-order valence-corrected chi connectivity index (χ1v) is 10.3. The molecule has 1 atom stereocenters. The lowest BCUT2D eigenvalue weighted by molar-refractivity contribution is 0.0604. The van der Waals surface area contributed by atoms with Crippen LogP contribution < -0.4 is 0 Å². The number of carbonyl (C=O) groups excluding carboxylic acids is 1. The van der Waals surface area contributed by atoms with Crippen molar-refractivity contribution in [2.75, 3.05) is 6.54 Å². The maximum Gasteiger partial charge on any atom is 0.257 e. The summed E-state index contributed by atoms with van der Waals surface area (Å²) in [6.07, 6.45) is 10.0. The molecule has 4 rings (SSSR count). The number of likely N-dealkylation sites (tertiary alicyclic amines) is 1.